The van der Waals surface area contributed by atoms with Crippen LogP contribution in [0.2, 0.25) is 0 Å². The van der Waals surface area contributed by atoms with E-state index in [1.54, 1.807) is 0 Å². The summed E-state index contributed by atoms with van der Waals surface area (Å²) in [4.78, 5) is 1.35. The van der Waals surface area contributed by atoms with Crippen LogP contribution in [0.1, 0.15) is 51.6 Å². The number of nitrogens with two attached hydrogens (primary N) is 1. The zero-order valence-electron chi connectivity index (χ0n) is 12.4. The molecule has 4 unspecified atom stereocenters. The Kier molecular flexibility index (Phi) is 5.35. The van der Waals surface area contributed by atoms with Gasteiger partial charge in [-0.25, -0.2) is 0 Å². The minimum absolute atomic E-state index is 0.218. The van der Waals surface area contributed by atoms with E-state index in [1.165, 1.54) is 29.7 Å². The Labute approximate surface area is 122 Å². The zero-order valence-corrected chi connectivity index (χ0v) is 13.2. The van der Waals surface area contributed by atoms with Gasteiger partial charge in [0.15, 0.2) is 0 Å². The third-order valence-corrected chi connectivity index (χ3v) is 5.62. The van der Waals surface area contributed by atoms with Crippen molar-refractivity contribution in [3.8, 4) is 0 Å². The fourth-order valence-corrected chi connectivity index (χ4v) is 3.80. The van der Waals surface area contributed by atoms with Crippen LogP contribution in [-0.2, 0) is 0 Å². The van der Waals surface area contributed by atoms with Crippen molar-refractivity contribution in [3.05, 3.63) is 29.8 Å². The van der Waals surface area contributed by atoms with Crippen molar-refractivity contribution in [3.63, 3.8) is 0 Å². The van der Waals surface area contributed by atoms with Crippen LogP contribution in [0.5, 0.6) is 0 Å². The molecule has 0 aromatic heterocycles. The first-order valence-electron chi connectivity index (χ1n) is 7.60. The highest BCUT2D eigenvalue weighted by atomic mass is 32.2. The van der Waals surface area contributed by atoms with Gasteiger partial charge in [-0.1, -0.05) is 39.3 Å². The maximum atomic E-state index is 6.49. The van der Waals surface area contributed by atoms with Crippen LogP contribution in [0.3, 0.4) is 0 Å². The van der Waals surface area contributed by atoms with Gasteiger partial charge in [0, 0.05) is 10.9 Å². The number of hydrogen-bond acceptors (Lipinski definition) is 2. The second-order valence-corrected chi connectivity index (χ2v) is 7.39. The van der Waals surface area contributed by atoms with Crippen molar-refractivity contribution in [2.24, 2.45) is 23.5 Å². The van der Waals surface area contributed by atoms with E-state index in [0.29, 0.717) is 5.92 Å². The molecule has 0 aliphatic heterocycles. The smallest absolute Gasteiger partial charge is 0.0323 e. The molecule has 0 heterocycles. The quantitative estimate of drug-likeness (QED) is 0.794. The Balaban J connectivity index is 2.00. The second kappa shape index (κ2) is 6.81. The van der Waals surface area contributed by atoms with Crippen LogP contribution in [0.4, 0.5) is 0 Å². The maximum Gasteiger partial charge on any atom is 0.0323 e. The molecule has 1 aliphatic rings. The zero-order chi connectivity index (χ0) is 13.8. The summed E-state index contributed by atoms with van der Waals surface area (Å²) in [7, 11) is 0. The van der Waals surface area contributed by atoms with Crippen molar-refractivity contribution < 1.29 is 0 Å². The lowest BCUT2D eigenvalue weighted by Crippen LogP contribution is -2.29. The standard InChI is InChI=1S/C17H27NS/c1-4-19-16-9-7-14(8-10-16)17(18)15-6-5-12(2)13(3)11-15/h7-10,12-13,15,17H,4-6,11,18H2,1-3H3. The highest BCUT2D eigenvalue weighted by Gasteiger charge is 2.28. The molecule has 0 saturated heterocycles. The second-order valence-electron chi connectivity index (χ2n) is 6.06. The number of benzene rings is 1. The molecule has 106 valence electrons. The van der Waals surface area contributed by atoms with E-state index >= 15 is 0 Å². The van der Waals surface area contributed by atoms with Gasteiger partial charge in [-0.2, -0.15) is 0 Å². The topological polar surface area (TPSA) is 26.0 Å². The molecule has 2 N–H and O–H groups in total. The average Bonchev–Trinajstić information content (AvgIpc) is 2.42. The first-order chi connectivity index (χ1) is 9.11. The molecule has 1 aromatic carbocycles. The summed E-state index contributed by atoms with van der Waals surface area (Å²) in [5.74, 6) is 3.48. The molecule has 0 bridgehead atoms. The summed E-state index contributed by atoms with van der Waals surface area (Å²) < 4.78 is 0. The monoisotopic (exact) mass is 277 g/mol. The van der Waals surface area contributed by atoms with Gasteiger partial charge in [0.05, 0.1) is 0 Å². The lowest BCUT2D eigenvalue weighted by molar-refractivity contribution is 0.186. The fourth-order valence-electron chi connectivity index (χ4n) is 3.14. The molecule has 4 atom stereocenters. The Morgan fingerprint density at radius 3 is 2.42 bits per heavy atom. The number of hydrogen-bond donors (Lipinski definition) is 1. The van der Waals surface area contributed by atoms with Gasteiger partial charge in [0.25, 0.3) is 0 Å². The van der Waals surface area contributed by atoms with Crippen LogP contribution in [0.15, 0.2) is 29.2 Å². The number of rotatable bonds is 4. The van der Waals surface area contributed by atoms with Crippen molar-refractivity contribution >= 4 is 11.8 Å². The molecule has 1 fully saturated rings. The predicted octanol–water partition coefficient (Wildman–Crippen LogP) is 4.87. The van der Waals surface area contributed by atoms with Gasteiger partial charge < -0.3 is 5.73 Å². The van der Waals surface area contributed by atoms with Gasteiger partial charge in [-0.3, -0.25) is 0 Å². The number of thioether (sulfide) groups is 1. The third kappa shape index (κ3) is 3.76. The Hall–Kier alpha value is -0.470. The molecule has 1 saturated carbocycles. The summed E-state index contributed by atoms with van der Waals surface area (Å²) in [6.45, 7) is 6.95. The normalized spacial score (nSPS) is 29.2. The van der Waals surface area contributed by atoms with Crippen molar-refractivity contribution in [2.45, 2.75) is 51.0 Å². The van der Waals surface area contributed by atoms with E-state index in [2.05, 4.69) is 45.0 Å². The largest absolute Gasteiger partial charge is 0.324 e. The van der Waals surface area contributed by atoms with Gasteiger partial charge in [0.2, 0.25) is 0 Å². The van der Waals surface area contributed by atoms with Crippen LogP contribution >= 0.6 is 11.8 Å². The van der Waals surface area contributed by atoms with Crippen molar-refractivity contribution in [1.29, 1.82) is 0 Å². The summed E-state index contributed by atoms with van der Waals surface area (Å²) in [6, 6.07) is 9.11. The van der Waals surface area contributed by atoms with Crippen LogP contribution < -0.4 is 5.73 Å². The van der Waals surface area contributed by atoms with E-state index in [1.807, 2.05) is 11.8 Å². The molecule has 2 heteroatoms. The molecule has 1 nitrogen and oxygen atoms in total. The lowest BCUT2D eigenvalue weighted by atomic mass is 9.72. The summed E-state index contributed by atoms with van der Waals surface area (Å²) in [5.41, 5.74) is 7.81. The summed E-state index contributed by atoms with van der Waals surface area (Å²) >= 11 is 1.89. The maximum absolute atomic E-state index is 6.49. The lowest BCUT2D eigenvalue weighted by Gasteiger charge is -2.35. The molecule has 0 amide bonds. The van der Waals surface area contributed by atoms with Gasteiger partial charge in [-0.05, 0) is 54.0 Å². The first kappa shape index (κ1) is 14.9. The molecule has 1 aromatic rings. The van der Waals surface area contributed by atoms with Crippen LogP contribution in [0.25, 0.3) is 0 Å². The minimum Gasteiger partial charge on any atom is -0.324 e. The fraction of sp³-hybridized carbons (Fsp3) is 0.647. The van der Waals surface area contributed by atoms with Gasteiger partial charge >= 0.3 is 0 Å². The van der Waals surface area contributed by atoms with E-state index in [4.69, 9.17) is 5.73 Å². The molecular weight excluding hydrogens is 250 g/mol. The van der Waals surface area contributed by atoms with Gasteiger partial charge in [0.1, 0.15) is 0 Å². The van der Waals surface area contributed by atoms with E-state index < -0.39 is 0 Å². The Morgan fingerprint density at radius 2 is 1.84 bits per heavy atom. The Bertz CT molecular complexity index is 387. The highest BCUT2D eigenvalue weighted by molar-refractivity contribution is 7.99. The molecule has 0 spiro atoms. The van der Waals surface area contributed by atoms with Gasteiger partial charge in [-0.15, -0.1) is 11.8 Å². The predicted molar refractivity (Wildman–Crippen MR) is 85.4 cm³/mol. The SMILES string of the molecule is CCSc1ccc(C(N)C2CCC(C)C(C)C2)cc1. The highest BCUT2D eigenvalue weighted by Crippen LogP contribution is 2.39. The van der Waals surface area contributed by atoms with Crippen LogP contribution in [0, 0.1) is 17.8 Å². The third-order valence-electron chi connectivity index (χ3n) is 4.72. The summed E-state index contributed by atoms with van der Waals surface area (Å²) in [5, 5.41) is 0. The Morgan fingerprint density at radius 1 is 1.16 bits per heavy atom. The summed E-state index contributed by atoms with van der Waals surface area (Å²) in [6.07, 6.45) is 3.91. The average molecular weight is 277 g/mol. The minimum atomic E-state index is 0.218. The van der Waals surface area contributed by atoms with E-state index in [9.17, 15) is 0 Å². The van der Waals surface area contributed by atoms with E-state index in [-0.39, 0.29) is 6.04 Å². The molecule has 2 rings (SSSR count). The van der Waals surface area contributed by atoms with Crippen molar-refractivity contribution in [2.75, 3.05) is 5.75 Å². The first-order valence-corrected chi connectivity index (χ1v) is 8.58. The van der Waals surface area contributed by atoms with Crippen LogP contribution in [-0.4, -0.2) is 5.75 Å². The molecular formula is C17H27NS. The van der Waals surface area contributed by atoms with Crippen molar-refractivity contribution in [1.82, 2.24) is 0 Å². The molecule has 0 radical (unpaired) electrons. The van der Waals surface area contributed by atoms with E-state index in [0.717, 1.165) is 17.6 Å². The molecule has 19 heavy (non-hydrogen) atoms. The molecule has 1 aliphatic carbocycles.